The molecule has 1 aliphatic rings. The molecule has 166 valence electrons. The van der Waals surface area contributed by atoms with Crippen LogP contribution in [-0.2, 0) is 21.2 Å². The molecule has 0 unspecified atom stereocenters. The molecule has 0 aliphatic carbocycles. The largest absolute Gasteiger partial charge is 0.361 e. The van der Waals surface area contributed by atoms with Gasteiger partial charge in [0, 0.05) is 49.8 Å². The molecule has 31 heavy (non-hydrogen) atoms. The number of aromatic nitrogens is 2. The topological polar surface area (TPSA) is 112 Å². The summed E-state index contributed by atoms with van der Waals surface area (Å²) < 4.78 is 32.2. The highest BCUT2D eigenvalue weighted by Gasteiger charge is 2.33. The molecule has 2 aromatic heterocycles. The van der Waals surface area contributed by atoms with Gasteiger partial charge in [0.2, 0.25) is 15.9 Å². The molecule has 0 spiro atoms. The number of amides is 1. The number of benzene rings is 1. The van der Waals surface area contributed by atoms with Gasteiger partial charge in [0.05, 0.1) is 6.54 Å². The van der Waals surface area contributed by atoms with Crippen molar-refractivity contribution in [2.24, 2.45) is 0 Å². The lowest BCUT2D eigenvalue weighted by Gasteiger charge is -2.33. The second-order valence-corrected chi connectivity index (χ2v) is 9.67. The van der Waals surface area contributed by atoms with E-state index >= 15 is 0 Å². The van der Waals surface area contributed by atoms with Crippen LogP contribution in [0.5, 0.6) is 0 Å². The number of para-hydroxylation sites is 1. The van der Waals surface area contributed by atoms with E-state index in [1.165, 1.54) is 15.3 Å². The van der Waals surface area contributed by atoms with Gasteiger partial charge >= 0.3 is 0 Å². The number of rotatable bonds is 7. The van der Waals surface area contributed by atoms with Crippen molar-refractivity contribution in [3.63, 3.8) is 0 Å². The lowest BCUT2D eigenvalue weighted by Crippen LogP contribution is -2.51. The van der Waals surface area contributed by atoms with Gasteiger partial charge in [-0.05, 0) is 31.9 Å². The van der Waals surface area contributed by atoms with Crippen LogP contribution in [0.1, 0.15) is 17.0 Å². The standard InChI is InChI=1S/C21H27N5O4S/c1-15-21(16(2)30-24-15)31(28,29)26-11-9-25(10-12-26)14-20(27)22-8-7-17-13-23-19-6-4-3-5-18(17)19/h3-6,13,23H,7-12,14H2,1-2H3,(H,22,27). The summed E-state index contributed by atoms with van der Waals surface area (Å²) in [5, 5.41) is 7.89. The minimum atomic E-state index is -3.64. The van der Waals surface area contributed by atoms with Crippen LogP contribution in [0.25, 0.3) is 10.9 Å². The summed E-state index contributed by atoms with van der Waals surface area (Å²) in [6.45, 7) is 5.69. The van der Waals surface area contributed by atoms with Crippen LogP contribution in [0.3, 0.4) is 0 Å². The molecule has 0 saturated carbocycles. The molecule has 1 aromatic carbocycles. The maximum Gasteiger partial charge on any atom is 0.248 e. The average Bonchev–Trinajstić information content (AvgIpc) is 3.31. The number of aryl methyl sites for hydroxylation is 2. The zero-order chi connectivity index (χ0) is 22.0. The summed E-state index contributed by atoms with van der Waals surface area (Å²) in [7, 11) is -3.64. The van der Waals surface area contributed by atoms with Gasteiger partial charge in [-0.2, -0.15) is 4.31 Å². The zero-order valence-electron chi connectivity index (χ0n) is 17.7. The summed E-state index contributed by atoms with van der Waals surface area (Å²) in [5.74, 6) is 0.247. The zero-order valence-corrected chi connectivity index (χ0v) is 18.5. The molecule has 0 radical (unpaired) electrons. The van der Waals surface area contributed by atoms with E-state index in [2.05, 4.69) is 21.5 Å². The molecule has 4 rings (SSSR count). The van der Waals surface area contributed by atoms with E-state index in [0.717, 1.165) is 11.9 Å². The maximum absolute atomic E-state index is 12.9. The lowest BCUT2D eigenvalue weighted by molar-refractivity contribution is -0.122. The molecule has 1 fully saturated rings. The number of H-pyrrole nitrogens is 1. The number of aromatic amines is 1. The number of hydrogen-bond acceptors (Lipinski definition) is 6. The van der Waals surface area contributed by atoms with Crippen molar-refractivity contribution in [3.8, 4) is 0 Å². The van der Waals surface area contributed by atoms with Gasteiger partial charge in [0.25, 0.3) is 0 Å². The van der Waals surface area contributed by atoms with Crippen LogP contribution in [0.2, 0.25) is 0 Å². The highest BCUT2D eigenvalue weighted by Crippen LogP contribution is 2.24. The van der Waals surface area contributed by atoms with Crippen molar-refractivity contribution in [2.75, 3.05) is 39.3 Å². The smallest absolute Gasteiger partial charge is 0.248 e. The van der Waals surface area contributed by atoms with E-state index in [1.807, 2.05) is 29.3 Å². The van der Waals surface area contributed by atoms with Crippen molar-refractivity contribution >= 4 is 26.8 Å². The number of nitrogens with one attached hydrogen (secondary N) is 2. The average molecular weight is 446 g/mol. The monoisotopic (exact) mass is 445 g/mol. The van der Waals surface area contributed by atoms with Crippen LogP contribution in [0, 0.1) is 13.8 Å². The summed E-state index contributed by atoms with van der Waals surface area (Å²) in [4.78, 5) is 17.7. The molecule has 9 nitrogen and oxygen atoms in total. The highest BCUT2D eigenvalue weighted by atomic mass is 32.2. The number of carbonyl (C=O) groups is 1. The van der Waals surface area contributed by atoms with E-state index in [9.17, 15) is 13.2 Å². The first-order chi connectivity index (χ1) is 14.9. The third-order valence-electron chi connectivity index (χ3n) is 5.66. The number of carbonyl (C=O) groups excluding carboxylic acids is 1. The minimum absolute atomic E-state index is 0.0538. The second kappa shape index (κ2) is 8.81. The highest BCUT2D eigenvalue weighted by molar-refractivity contribution is 7.89. The van der Waals surface area contributed by atoms with E-state index in [4.69, 9.17) is 4.52 Å². The maximum atomic E-state index is 12.9. The van der Waals surface area contributed by atoms with Crippen LogP contribution >= 0.6 is 0 Å². The fraction of sp³-hybridized carbons (Fsp3) is 0.429. The van der Waals surface area contributed by atoms with Crippen molar-refractivity contribution in [1.29, 1.82) is 0 Å². The molecular weight excluding hydrogens is 418 g/mol. The molecule has 2 N–H and O–H groups in total. The first kappa shape index (κ1) is 21.5. The summed E-state index contributed by atoms with van der Waals surface area (Å²) >= 11 is 0. The number of sulfonamides is 1. The Bertz CT molecular complexity index is 1160. The Hall–Kier alpha value is -2.69. The van der Waals surface area contributed by atoms with Gasteiger partial charge in [0.1, 0.15) is 10.6 Å². The minimum Gasteiger partial charge on any atom is -0.361 e. The Balaban J connectivity index is 1.25. The van der Waals surface area contributed by atoms with Crippen LogP contribution in [-0.4, -0.2) is 72.9 Å². The van der Waals surface area contributed by atoms with E-state index in [1.54, 1.807) is 13.8 Å². The molecule has 1 amide bonds. The summed E-state index contributed by atoms with van der Waals surface area (Å²) in [6, 6.07) is 8.09. The van der Waals surface area contributed by atoms with Crippen molar-refractivity contribution in [1.82, 2.24) is 24.7 Å². The van der Waals surface area contributed by atoms with Gasteiger partial charge in [0.15, 0.2) is 5.76 Å². The number of fused-ring (bicyclic) bond motifs is 1. The number of piperazine rings is 1. The van der Waals surface area contributed by atoms with Crippen molar-refractivity contribution in [2.45, 2.75) is 25.2 Å². The van der Waals surface area contributed by atoms with Crippen LogP contribution < -0.4 is 5.32 Å². The Kier molecular flexibility index (Phi) is 6.12. The first-order valence-electron chi connectivity index (χ1n) is 10.3. The van der Waals surface area contributed by atoms with E-state index < -0.39 is 10.0 Å². The Morgan fingerprint density at radius 2 is 1.94 bits per heavy atom. The van der Waals surface area contributed by atoms with Crippen LogP contribution in [0.4, 0.5) is 0 Å². The van der Waals surface area contributed by atoms with Gasteiger partial charge in [-0.3, -0.25) is 9.69 Å². The fourth-order valence-corrected chi connectivity index (χ4v) is 5.75. The molecule has 1 saturated heterocycles. The Morgan fingerprint density at radius 1 is 1.19 bits per heavy atom. The van der Waals surface area contributed by atoms with Crippen molar-refractivity contribution in [3.05, 3.63) is 47.5 Å². The van der Waals surface area contributed by atoms with E-state index in [-0.39, 0.29) is 17.3 Å². The molecule has 10 heteroatoms. The SMILES string of the molecule is Cc1noc(C)c1S(=O)(=O)N1CCN(CC(=O)NCCc2c[nH]c3ccccc23)CC1. The third-order valence-corrected chi connectivity index (χ3v) is 7.80. The van der Waals surface area contributed by atoms with Gasteiger partial charge in [-0.15, -0.1) is 0 Å². The summed E-state index contributed by atoms with van der Waals surface area (Å²) in [5.41, 5.74) is 2.64. The molecule has 3 aromatic rings. The predicted molar refractivity (Wildman–Crippen MR) is 116 cm³/mol. The normalized spacial score (nSPS) is 16.1. The first-order valence-corrected chi connectivity index (χ1v) is 11.8. The van der Waals surface area contributed by atoms with Crippen LogP contribution in [0.15, 0.2) is 39.9 Å². The second-order valence-electron chi connectivity index (χ2n) is 7.79. The molecule has 3 heterocycles. The van der Waals surface area contributed by atoms with Gasteiger partial charge < -0.3 is 14.8 Å². The lowest BCUT2D eigenvalue weighted by atomic mass is 10.1. The summed E-state index contributed by atoms with van der Waals surface area (Å²) in [6.07, 6.45) is 2.73. The third kappa shape index (κ3) is 4.51. The van der Waals surface area contributed by atoms with Crippen molar-refractivity contribution < 1.29 is 17.7 Å². The van der Waals surface area contributed by atoms with Gasteiger partial charge in [-0.1, -0.05) is 23.4 Å². The molecule has 0 bridgehead atoms. The molecule has 1 aliphatic heterocycles. The van der Waals surface area contributed by atoms with E-state index in [0.29, 0.717) is 44.2 Å². The number of nitrogens with zero attached hydrogens (tertiary/aromatic N) is 3. The Morgan fingerprint density at radius 3 is 2.65 bits per heavy atom. The molecule has 0 atom stereocenters. The quantitative estimate of drug-likeness (QED) is 0.569. The van der Waals surface area contributed by atoms with Gasteiger partial charge in [-0.25, -0.2) is 8.42 Å². The molecular formula is C21H27N5O4S. The number of hydrogen-bond donors (Lipinski definition) is 2. The fourth-order valence-electron chi connectivity index (χ4n) is 4.03. The predicted octanol–water partition coefficient (Wildman–Crippen LogP) is 1.44. The Labute approximate surface area is 181 Å².